The second-order valence-corrected chi connectivity index (χ2v) is 5.12. The molecule has 0 unspecified atom stereocenters. The van der Waals surface area contributed by atoms with Gasteiger partial charge in [-0.25, -0.2) is 0 Å². The molecule has 3 rings (SSSR count). The summed E-state index contributed by atoms with van der Waals surface area (Å²) in [5.41, 5.74) is 0. The van der Waals surface area contributed by atoms with Crippen molar-refractivity contribution in [3.63, 3.8) is 0 Å². The van der Waals surface area contributed by atoms with Crippen molar-refractivity contribution in [3.05, 3.63) is 12.2 Å². The first-order valence-corrected chi connectivity index (χ1v) is 5.88. The Labute approximate surface area is 93.7 Å². The highest BCUT2D eigenvalue weighted by atomic mass is 16.4. The van der Waals surface area contributed by atoms with E-state index in [4.69, 9.17) is 0 Å². The van der Waals surface area contributed by atoms with Gasteiger partial charge < -0.3 is 10.4 Å². The van der Waals surface area contributed by atoms with E-state index in [0.29, 0.717) is 6.04 Å². The van der Waals surface area contributed by atoms with E-state index >= 15 is 0 Å². The number of carbonyl (C=O) groups is 2. The standard InChI is InChI=1S/C12H15NO3/c14-11(13-8-3-4-8)9-6-1-2-7(5-6)10(9)12(15)16/h1-2,6-10H,3-5H2,(H,13,14)(H,15,16)/t6-,7+,9-,10-/m0/s1. The van der Waals surface area contributed by atoms with Crippen LogP contribution in [0.5, 0.6) is 0 Å². The van der Waals surface area contributed by atoms with Crippen molar-refractivity contribution in [2.75, 3.05) is 0 Å². The molecule has 3 aliphatic rings. The zero-order chi connectivity index (χ0) is 11.3. The average Bonchev–Trinajstić information content (AvgIpc) is 2.81. The van der Waals surface area contributed by atoms with Crippen LogP contribution in [0.2, 0.25) is 0 Å². The predicted octanol–water partition coefficient (Wildman–Crippen LogP) is 0.788. The molecule has 0 aromatic rings. The van der Waals surface area contributed by atoms with E-state index in [1.165, 1.54) is 0 Å². The molecular weight excluding hydrogens is 206 g/mol. The van der Waals surface area contributed by atoms with E-state index in [1.807, 2.05) is 12.2 Å². The number of hydrogen-bond donors (Lipinski definition) is 2. The van der Waals surface area contributed by atoms with Crippen LogP contribution < -0.4 is 5.32 Å². The maximum Gasteiger partial charge on any atom is 0.307 e. The number of hydrogen-bond acceptors (Lipinski definition) is 2. The largest absolute Gasteiger partial charge is 0.481 e. The third-order valence-electron chi connectivity index (χ3n) is 3.97. The summed E-state index contributed by atoms with van der Waals surface area (Å²) < 4.78 is 0. The van der Waals surface area contributed by atoms with Crippen molar-refractivity contribution >= 4 is 11.9 Å². The SMILES string of the molecule is O=C(O)[C@@H]1[C@@H](C(=O)NC2CC2)[C@H]2C=C[C@@H]1C2. The molecule has 0 saturated heterocycles. The molecule has 2 fully saturated rings. The van der Waals surface area contributed by atoms with Gasteiger partial charge >= 0.3 is 5.97 Å². The van der Waals surface area contributed by atoms with Gasteiger partial charge in [-0.1, -0.05) is 12.2 Å². The Bertz CT molecular complexity index is 372. The van der Waals surface area contributed by atoms with Gasteiger partial charge in [0.1, 0.15) is 0 Å². The molecule has 2 bridgehead atoms. The second-order valence-electron chi connectivity index (χ2n) is 5.12. The molecule has 1 amide bonds. The summed E-state index contributed by atoms with van der Waals surface area (Å²) in [6.45, 7) is 0. The summed E-state index contributed by atoms with van der Waals surface area (Å²) in [5, 5.41) is 12.1. The van der Waals surface area contributed by atoms with Crippen LogP contribution >= 0.6 is 0 Å². The van der Waals surface area contributed by atoms with Gasteiger partial charge in [0.2, 0.25) is 5.91 Å². The summed E-state index contributed by atoms with van der Waals surface area (Å²) in [6.07, 6.45) is 6.89. The molecule has 4 heteroatoms. The van der Waals surface area contributed by atoms with E-state index in [1.54, 1.807) is 0 Å². The molecule has 16 heavy (non-hydrogen) atoms. The molecule has 0 radical (unpaired) electrons. The van der Waals surface area contributed by atoms with Crippen molar-refractivity contribution in [1.82, 2.24) is 5.32 Å². The second kappa shape index (κ2) is 3.34. The number of allylic oxidation sites excluding steroid dienone is 2. The molecule has 0 heterocycles. The first-order chi connectivity index (χ1) is 7.66. The van der Waals surface area contributed by atoms with Crippen molar-refractivity contribution in [1.29, 1.82) is 0 Å². The van der Waals surface area contributed by atoms with Gasteiger partial charge in [0.25, 0.3) is 0 Å². The first-order valence-electron chi connectivity index (χ1n) is 5.88. The fourth-order valence-corrected chi connectivity index (χ4v) is 3.04. The lowest BCUT2D eigenvalue weighted by Gasteiger charge is -2.23. The Morgan fingerprint density at radius 3 is 2.31 bits per heavy atom. The van der Waals surface area contributed by atoms with E-state index in [9.17, 15) is 14.7 Å². The number of nitrogens with one attached hydrogen (secondary N) is 1. The van der Waals surface area contributed by atoms with Crippen molar-refractivity contribution < 1.29 is 14.7 Å². The van der Waals surface area contributed by atoms with Crippen molar-refractivity contribution in [2.45, 2.75) is 25.3 Å². The molecular formula is C12H15NO3. The fourth-order valence-electron chi connectivity index (χ4n) is 3.04. The fraction of sp³-hybridized carbons (Fsp3) is 0.667. The van der Waals surface area contributed by atoms with Gasteiger partial charge in [-0.05, 0) is 31.1 Å². The molecule has 86 valence electrons. The number of fused-ring (bicyclic) bond motifs is 2. The van der Waals surface area contributed by atoms with E-state index < -0.39 is 11.9 Å². The highest BCUT2D eigenvalue weighted by Crippen LogP contribution is 2.48. The highest BCUT2D eigenvalue weighted by molar-refractivity contribution is 5.87. The van der Waals surface area contributed by atoms with Crippen LogP contribution in [-0.2, 0) is 9.59 Å². The zero-order valence-electron chi connectivity index (χ0n) is 8.93. The van der Waals surface area contributed by atoms with Crippen molar-refractivity contribution in [2.24, 2.45) is 23.7 Å². The smallest absolute Gasteiger partial charge is 0.307 e. The minimum absolute atomic E-state index is 0.0493. The number of carboxylic acids is 1. The molecule has 0 aliphatic heterocycles. The molecule has 0 aromatic heterocycles. The van der Waals surface area contributed by atoms with Gasteiger partial charge in [-0.3, -0.25) is 9.59 Å². The Hall–Kier alpha value is -1.32. The summed E-state index contributed by atoms with van der Waals surface area (Å²) >= 11 is 0. The molecule has 2 saturated carbocycles. The lowest BCUT2D eigenvalue weighted by molar-refractivity contribution is -0.147. The molecule has 0 spiro atoms. The minimum atomic E-state index is -0.826. The van der Waals surface area contributed by atoms with E-state index in [0.717, 1.165) is 19.3 Å². The predicted molar refractivity (Wildman–Crippen MR) is 56.5 cm³/mol. The topological polar surface area (TPSA) is 66.4 Å². The third-order valence-corrected chi connectivity index (χ3v) is 3.97. The molecule has 0 aromatic carbocycles. The van der Waals surface area contributed by atoms with Gasteiger partial charge in [-0.15, -0.1) is 0 Å². The molecule has 4 atom stereocenters. The van der Waals surface area contributed by atoms with Crippen molar-refractivity contribution in [3.8, 4) is 0 Å². The summed E-state index contributed by atoms with van der Waals surface area (Å²) in [4.78, 5) is 23.2. The lowest BCUT2D eigenvalue weighted by atomic mass is 9.82. The van der Waals surface area contributed by atoms with Gasteiger partial charge in [-0.2, -0.15) is 0 Å². The summed E-state index contributed by atoms with van der Waals surface area (Å²) in [5.74, 6) is -1.51. The maximum atomic E-state index is 12.0. The highest BCUT2D eigenvalue weighted by Gasteiger charge is 2.52. The van der Waals surface area contributed by atoms with Gasteiger partial charge in [0.05, 0.1) is 11.8 Å². The maximum absolute atomic E-state index is 12.0. The van der Waals surface area contributed by atoms with Gasteiger partial charge in [0.15, 0.2) is 0 Å². The van der Waals surface area contributed by atoms with Gasteiger partial charge in [0, 0.05) is 6.04 Å². The number of aliphatic carboxylic acids is 1. The van der Waals surface area contributed by atoms with Crippen LogP contribution in [0.1, 0.15) is 19.3 Å². The Kier molecular flexibility index (Phi) is 2.06. The quantitative estimate of drug-likeness (QED) is 0.692. The summed E-state index contributed by atoms with van der Waals surface area (Å²) in [7, 11) is 0. The van der Waals surface area contributed by atoms with Crippen LogP contribution in [0.15, 0.2) is 12.2 Å². The number of carbonyl (C=O) groups excluding carboxylic acids is 1. The number of amides is 1. The van der Waals surface area contributed by atoms with Crippen LogP contribution in [0.4, 0.5) is 0 Å². The van der Waals surface area contributed by atoms with E-state index in [-0.39, 0.29) is 23.7 Å². The molecule has 2 N–H and O–H groups in total. The number of rotatable bonds is 3. The number of carboxylic acid groups (broad SMARTS) is 1. The van der Waals surface area contributed by atoms with Crippen LogP contribution in [-0.4, -0.2) is 23.0 Å². The van der Waals surface area contributed by atoms with Crippen LogP contribution in [0, 0.1) is 23.7 Å². The lowest BCUT2D eigenvalue weighted by Crippen LogP contribution is -2.40. The molecule has 4 nitrogen and oxygen atoms in total. The zero-order valence-corrected chi connectivity index (χ0v) is 8.93. The Balaban J connectivity index is 1.78. The van der Waals surface area contributed by atoms with E-state index in [2.05, 4.69) is 5.32 Å². The van der Waals surface area contributed by atoms with Crippen LogP contribution in [0.3, 0.4) is 0 Å². The minimum Gasteiger partial charge on any atom is -0.481 e. The Morgan fingerprint density at radius 2 is 1.75 bits per heavy atom. The first kappa shape index (κ1) is 9.87. The van der Waals surface area contributed by atoms with Crippen LogP contribution in [0.25, 0.3) is 0 Å². The molecule has 3 aliphatic carbocycles. The monoisotopic (exact) mass is 221 g/mol. The third kappa shape index (κ3) is 1.44. The average molecular weight is 221 g/mol. The normalized spacial score (nSPS) is 40.0. The Morgan fingerprint density at radius 1 is 1.12 bits per heavy atom. The summed E-state index contributed by atoms with van der Waals surface area (Å²) in [6, 6.07) is 0.310.